The fraction of sp³-hybridized carbons (Fsp3) is 0.700. The summed E-state index contributed by atoms with van der Waals surface area (Å²) in [6.45, 7) is 4.76. The van der Waals surface area contributed by atoms with Gasteiger partial charge in [-0.15, -0.1) is 10.2 Å². The maximum absolute atomic E-state index is 11.3. The number of nitrogens with one attached hydrogen (secondary N) is 1. The zero-order chi connectivity index (χ0) is 12.4. The molecule has 17 heavy (non-hydrogen) atoms. The Morgan fingerprint density at radius 3 is 2.94 bits per heavy atom. The fourth-order valence-electron chi connectivity index (χ4n) is 1.99. The van der Waals surface area contributed by atoms with E-state index < -0.39 is 0 Å². The second-order valence-corrected chi connectivity index (χ2v) is 4.32. The van der Waals surface area contributed by atoms with Gasteiger partial charge in [0.1, 0.15) is 17.7 Å². The zero-order valence-electron chi connectivity index (χ0n) is 10.2. The van der Waals surface area contributed by atoms with E-state index in [-0.39, 0.29) is 11.9 Å². The minimum atomic E-state index is -0.295. The van der Waals surface area contributed by atoms with Crippen LogP contribution in [-0.2, 0) is 18.4 Å². The van der Waals surface area contributed by atoms with Crippen LogP contribution in [0.1, 0.15) is 11.6 Å². The van der Waals surface area contributed by atoms with Crippen molar-refractivity contribution in [2.45, 2.75) is 19.5 Å². The maximum Gasteiger partial charge on any atom is 0.236 e. The van der Waals surface area contributed by atoms with Gasteiger partial charge >= 0.3 is 0 Å². The molecule has 0 aliphatic carbocycles. The van der Waals surface area contributed by atoms with E-state index in [0.717, 1.165) is 24.7 Å². The fourth-order valence-corrected chi connectivity index (χ4v) is 1.99. The minimum Gasteiger partial charge on any atom is -0.368 e. The second kappa shape index (κ2) is 4.80. The van der Waals surface area contributed by atoms with Crippen molar-refractivity contribution in [2.24, 2.45) is 12.8 Å². The molecule has 1 aliphatic heterocycles. The van der Waals surface area contributed by atoms with Gasteiger partial charge in [-0.05, 0) is 6.92 Å². The lowest BCUT2D eigenvalue weighted by Crippen LogP contribution is -2.56. The van der Waals surface area contributed by atoms with Crippen LogP contribution in [0.4, 0.5) is 0 Å². The van der Waals surface area contributed by atoms with Crippen molar-refractivity contribution < 1.29 is 4.79 Å². The Balaban J connectivity index is 2.10. The van der Waals surface area contributed by atoms with Crippen LogP contribution >= 0.6 is 0 Å². The van der Waals surface area contributed by atoms with Gasteiger partial charge in [0.15, 0.2) is 0 Å². The third-order valence-electron chi connectivity index (χ3n) is 3.21. The largest absolute Gasteiger partial charge is 0.368 e. The van der Waals surface area contributed by atoms with E-state index in [0.29, 0.717) is 13.1 Å². The highest BCUT2D eigenvalue weighted by Crippen LogP contribution is 2.09. The Labute approximate surface area is 100.0 Å². The van der Waals surface area contributed by atoms with Crippen LogP contribution < -0.4 is 11.1 Å². The first-order valence-corrected chi connectivity index (χ1v) is 5.68. The zero-order valence-corrected chi connectivity index (χ0v) is 10.2. The number of aryl methyl sites for hydroxylation is 1. The van der Waals surface area contributed by atoms with Gasteiger partial charge in [-0.25, -0.2) is 0 Å². The van der Waals surface area contributed by atoms with Gasteiger partial charge in [-0.1, -0.05) is 0 Å². The standard InChI is InChI=1S/C10H18N6O/c1-7-13-14-9(15(7)2)6-16-4-3-12-5-8(16)10(11)17/h8,12H,3-6H2,1-2H3,(H2,11,17). The molecule has 0 radical (unpaired) electrons. The topological polar surface area (TPSA) is 89.1 Å². The molecule has 3 N–H and O–H groups in total. The summed E-state index contributed by atoms with van der Waals surface area (Å²) < 4.78 is 1.93. The lowest BCUT2D eigenvalue weighted by Gasteiger charge is -2.33. The molecule has 0 spiro atoms. The van der Waals surface area contributed by atoms with Crippen molar-refractivity contribution in [3.8, 4) is 0 Å². The van der Waals surface area contributed by atoms with E-state index in [2.05, 4.69) is 15.5 Å². The number of nitrogens with two attached hydrogens (primary N) is 1. The van der Waals surface area contributed by atoms with E-state index in [1.165, 1.54) is 0 Å². The van der Waals surface area contributed by atoms with Crippen molar-refractivity contribution in [2.75, 3.05) is 19.6 Å². The van der Waals surface area contributed by atoms with E-state index in [1.807, 2.05) is 23.4 Å². The summed E-state index contributed by atoms with van der Waals surface area (Å²) in [5, 5.41) is 11.3. The number of amides is 1. The van der Waals surface area contributed by atoms with Gasteiger partial charge in [0.05, 0.1) is 6.54 Å². The molecular formula is C10H18N6O. The van der Waals surface area contributed by atoms with Crippen LogP contribution in [0.5, 0.6) is 0 Å². The van der Waals surface area contributed by atoms with Crippen LogP contribution in [0.15, 0.2) is 0 Å². The predicted molar refractivity (Wildman–Crippen MR) is 62.0 cm³/mol. The molecule has 1 fully saturated rings. The van der Waals surface area contributed by atoms with Crippen molar-refractivity contribution in [1.82, 2.24) is 25.0 Å². The van der Waals surface area contributed by atoms with Gasteiger partial charge in [-0.2, -0.15) is 0 Å². The van der Waals surface area contributed by atoms with E-state index in [9.17, 15) is 4.79 Å². The third kappa shape index (κ3) is 2.45. The summed E-state index contributed by atoms with van der Waals surface area (Å²) in [6.07, 6.45) is 0. The number of hydrogen-bond acceptors (Lipinski definition) is 5. The van der Waals surface area contributed by atoms with Crippen LogP contribution in [0.2, 0.25) is 0 Å². The van der Waals surface area contributed by atoms with Gasteiger partial charge in [0.25, 0.3) is 0 Å². The maximum atomic E-state index is 11.3. The normalized spacial score (nSPS) is 21.6. The van der Waals surface area contributed by atoms with Crippen LogP contribution in [0.3, 0.4) is 0 Å². The average molecular weight is 238 g/mol. The van der Waals surface area contributed by atoms with Gasteiger partial charge in [0.2, 0.25) is 5.91 Å². The molecule has 1 aliphatic rings. The number of piperazine rings is 1. The van der Waals surface area contributed by atoms with E-state index in [4.69, 9.17) is 5.73 Å². The Morgan fingerprint density at radius 1 is 1.59 bits per heavy atom. The number of carbonyl (C=O) groups excluding carboxylic acids is 1. The number of aromatic nitrogens is 3. The molecule has 7 heteroatoms. The summed E-state index contributed by atoms with van der Waals surface area (Å²) in [4.78, 5) is 13.4. The number of rotatable bonds is 3. The average Bonchev–Trinajstić information content (AvgIpc) is 2.61. The minimum absolute atomic E-state index is 0.263. The van der Waals surface area contributed by atoms with Crippen molar-refractivity contribution in [1.29, 1.82) is 0 Å². The molecule has 94 valence electrons. The first kappa shape index (κ1) is 12.0. The number of nitrogens with zero attached hydrogens (tertiary/aromatic N) is 4. The highest BCUT2D eigenvalue weighted by molar-refractivity contribution is 5.80. The Bertz CT molecular complexity index is 415. The molecule has 0 saturated carbocycles. The molecule has 0 bridgehead atoms. The van der Waals surface area contributed by atoms with Crippen molar-refractivity contribution in [3.63, 3.8) is 0 Å². The first-order valence-electron chi connectivity index (χ1n) is 5.68. The molecule has 2 heterocycles. The highest BCUT2D eigenvalue weighted by Gasteiger charge is 2.27. The smallest absolute Gasteiger partial charge is 0.236 e. The SMILES string of the molecule is Cc1nnc(CN2CCNCC2C(N)=O)n1C. The molecule has 1 amide bonds. The van der Waals surface area contributed by atoms with Gasteiger partial charge in [-0.3, -0.25) is 9.69 Å². The summed E-state index contributed by atoms with van der Waals surface area (Å²) in [5.74, 6) is 1.43. The summed E-state index contributed by atoms with van der Waals surface area (Å²) in [6, 6.07) is -0.263. The quantitative estimate of drug-likeness (QED) is 0.661. The monoisotopic (exact) mass is 238 g/mol. The molecule has 1 aromatic rings. The number of carbonyl (C=O) groups is 1. The molecule has 0 aromatic carbocycles. The molecule has 1 saturated heterocycles. The third-order valence-corrected chi connectivity index (χ3v) is 3.21. The van der Waals surface area contributed by atoms with Crippen LogP contribution in [0.25, 0.3) is 0 Å². The number of primary amides is 1. The molecule has 1 atom stereocenters. The second-order valence-electron chi connectivity index (χ2n) is 4.32. The Kier molecular flexibility index (Phi) is 3.39. The van der Waals surface area contributed by atoms with Crippen LogP contribution in [-0.4, -0.2) is 51.2 Å². The van der Waals surface area contributed by atoms with Crippen LogP contribution in [0, 0.1) is 6.92 Å². The highest BCUT2D eigenvalue weighted by atomic mass is 16.1. The summed E-state index contributed by atoms with van der Waals surface area (Å²) in [7, 11) is 1.92. The molecular weight excluding hydrogens is 220 g/mol. The molecule has 7 nitrogen and oxygen atoms in total. The summed E-state index contributed by atoms with van der Waals surface area (Å²) >= 11 is 0. The van der Waals surface area contributed by atoms with Gasteiger partial charge in [0, 0.05) is 26.7 Å². The number of hydrogen-bond donors (Lipinski definition) is 2. The van der Waals surface area contributed by atoms with Crippen molar-refractivity contribution in [3.05, 3.63) is 11.6 Å². The molecule has 1 unspecified atom stereocenters. The molecule has 2 rings (SSSR count). The van der Waals surface area contributed by atoms with E-state index >= 15 is 0 Å². The summed E-state index contributed by atoms with van der Waals surface area (Å²) in [5.41, 5.74) is 5.39. The Morgan fingerprint density at radius 2 is 2.35 bits per heavy atom. The Hall–Kier alpha value is -1.47. The van der Waals surface area contributed by atoms with E-state index in [1.54, 1.807) is 0 Å². The molecule has 1 aromatic heterocycles. The lowest BCUT2D eigenvalue weighted by molar-refractivity contribution is -0.124. The first-order chi connectivity index (χ1) is 8.09. The lowest BCUT2D eigenvalue weighted by atomic mass is 10.2. The van der Waals surface area contributed by atoms with Gasteiger partial charge < -0.3 is 15.6 Å². The predicted octanol–water partition coefficient (Wildman–Crippen LogP) is -1.62. The van der Waals surface area contributed by atoms with Crippen molar-refractivity contribution >= 4 is 5.91 Å².